The van der Waals surface area contributed by atoms with E-state index >= 15 is 0 Å². The van der Waals surface area contributed by atoms with Crippen LogP contribution in [0.3, 0.4) is 0 Å². The number of fused-ring (bicyclic) bond motifs is 1. The summed E-state index contributed by atoms with van der Waals surface area (Å²) in [5.74, 6) is 1.62. The number of rotatable bonds is 4. The number of hydrogen-bond acceptors (Lipinski definition) is 3. The van der Waals surface area contributed by atoms with Crippen molar-refractivity contribution < 1.29 is 9.47 Å². The van der Waals surface area contributed by atoms with Gasteiger partial charge in [-0.05, 0) is 43.0 Å². The van der Waals surface area contributed by atoms with Crippen LogP contribution in [0.5, 0.6) is 5.75 Å². The highest BCUT2D eigenvalue weighted by Crippen LogP contribution is 2.31. The topological polar surface area (TPSA) is 30.5 Å². The zero-order valence-electron chi connectivity index (χ0n) is 11.2. The highest BCUT2D eigenvalue weighted by Gasteiger charge is 2.26. The van der Waals surface area contributed by atoms with Gasteiger partial charge in [0.2, 0.25) is 0 Å². The van der Waals surface area contributed by atoms with Gasteiger partial charge >= 0.3 is 0 Å². The molecule has 0 aromatic heterocycles. The molecule has 0 amide bonds. The van der Waals surface area contributed by atoms with Crippen LogP contribution in [0.25, 0.3) is 0 Å². The molecule has 3 unspecified atom stereocenters. The highest BCUT2D eigenvalue weighted by molar-refractivity contribution is 6.30. The number of halogens is 1. The fraction of sp³-hybridized carbons (Fsp3) is 0.600. The maximum Gasteiger partial charge on any atom is 0.123 e. The molecule has 1 aromatic carbocycles. The van der Waals surface area contributed by atoms with Crippen LogP contribution in [0.1, 0.15) is 18.9 Å². The van der Waals surface area contributed by atoms with Crippen molar-refractivity contribution in [3.63, 3.8) is 0 Å². The van der Waals surface area contributed by atoms with Gasteiger partial charge in [-0.2, -0.15) is 0 Å². The van der Waals surface area contributed by atoms with E-state index in [4.69, 9.17) is 21.1 Å². The number of benzene rings is 1. The molecular weight excluding hydrogens is 262 g/mol. The largest absolute Gasteiger partial charge is 0.488 e. The van der Waals surface area contributed by atoms with Crippen LogP contribution in [0.15, 0.2) is 18.2 Å². The molecule has 104 valence electrons. The standard InChI is InChI=1S/C15H20ClNO2/c1-10(11-4-5-18-9-11)17-8-14-7-12-6-13(16)2-3-15(12)19-14/h2-3,6,10-11,14,17H,4-5,7-9H2,1H3. The molecule has 2 heterocycles. The molecule has 2 aliphatic heterocycles. The Morgan fingerprint density at radius 3 is 3.16 bits per heavy atom. The van der Waals surface area contributed by atoms with Crippen molar-refractivity contribution in [3.05, 3.63) is 28.8 Å². The second-order valence-corrected chi connectivity index (χ2v) is 5.95. The van der Waals surface area contributed by atoms with E-state index in [1.165, 1.54) is 5.56 Å². The lowest BCUT2D eigenvalue weighted by atomic mass is 10.0. The third-order valence-electron chi connectivity index (χ3n) is 4.10. The first-order valence-corrected chi connectivity index (χ1v) is 7.36. The molecule has 4 heteroatoms. The molecule has 0 bridgehead atoms. The second-order valence-electron chi connectivity index (χ2n) is 5.52. The van der Waals surface area contributed by atoms with Gasteiger partial charge in [-0.3, -0.25) is 0 Å². The van der Waals surface area contributed by atoms with Gasteiger partial charge in [-0.15, -0.1) is 0 Å². The Morgan fingerprint density at radius 1 is 1.47 bits per heavy atom. The first-order chi connectivity index (χ1) is 9.22. The van der Waals surface area contributed by atoms with Gasteiger partial charge in [0.15, 0.2) is 0 Å². The van der Waals surface area contributed by atoms with Crippen LogP contribution < -0.4 is 10.1 Å². The van der Waals surface area contributed by atoms with E-state index in [0.717, 1.165) is 43.4 Å². The summed E-state index contributed by atoms with van der Waals surface area (Å²) in [6, 6.07) is 6.34. The zero-order valence-corrected chi connectivity index (χ0v) is 12.0. The molecule has 19 heavy (non-hydrogen) atoms. The molecular formula is C15H20ClNO2. The number of ether oxygens (including phenoxy) is 2. The second kappa shape index (κ2) is 5.70. The summed E-state index contributed by atoms with van der Waals surface area (Å²) < 4.78 is 11.4. The average molecular weight is 282 g/mol. The van der Waals surface area contributed by atoms with Crippen molar-refractivity contribution in [2.24, 2.45) is 5.92 Å². The normalized spacial score (nSPS) is 27.1. The average Bonchev–Trinajstić information content (AvgIpc) is 3.04. The molecule has 3 rings (SSSR count). The predicted octanol–water partition coefficient (Wildman–Crippen LogP) is 2.66. The van der Waals surface area contributed by atoms with Crippen LogP contribution in [-0.2, 0) is 11.2 Å². The first kappa shape index (κ1) is 13.2. The van der Waals surface area contributed by atoms with Crippen molar-refractivity contribution in [2.45, 2.75) is 31.9 Å². The van der Waals surface area contributed by atoms with Gasteiger partial charge in [-0.25, -0.2) is 0 Å². The van der Waals surface area contributed by atoms with E-state index in [1.807, 2.05) is 18.2 Å². The third-order valence-corrected chi connectivity index (χ3v) is 4.34. The Labute approximate surface area is 119 Å². The molecule has 3 atom stereocenters. The maximum atomic E-state index is 6.00. The molecule has 1 aromatic rings. The van der Waals surface area contributed by atoms with E-state index in [2.05, 4.69) is 12.2 Å². The Balaban J connectivity index is 1.50. The SMILES string of the molecule is CC(NCC1Cc2cc(Cl)ccc2O1)C1CCOC1. The van der Waals surface area contributed by atoms with E-state index in [-0.39, 0.29) is 6.10 Å². The molecule has 0 spiro atoms. The van der Waals surface area contributed by atoms with Crippen LogP contribution >= 0.6 is 11.6 Å². The van der Waals surface area contributed by atoms with E-state index in [1.54, 1.807) is 0 Å². The van der Waals surface area contributed by atoms with E-state index in [9.17, 15) is 0 Å². The first-order valence-electron chi connectivity index (χ1n) is 6.98. The lowest BCUT2D eigenvalue weighted by molar-refractivity contribution is 0.173. The van der Waals surface area contributed by atoms with Crippen LogP contribution in [-0.4, -0.2) is 31.9 Å². The Kier molecular flexibility index (Phi) is 3.96. The molecule has 0 radical (unpaired) electrons. The van der Waals surface area contributed by atoms with Crippen molar-refractivity contribution in [3.8, 4) is 5.75 Å². The zero-order chi connectivity index (χ0) is 13.2. The lowest BCUT2D eigenvalue weighted by Gasteiger charge is -2.21. The maximum absolute atomic E-state index is 6.00. The Morgan fingerprint density at radius 2 is 2.37 bits per heavy atom. The monoisotopic (exact) mass is 281 g/mol. The minimum atomic E-state index is 0.221. The van der Waals surface area contributed by atoms with Gasteiger partial charge in [0.05, 0.1) is 6.61 Å². The van der Waals surface area contributed by atoms with E-state index < -0.39 is 0 Å². The number of hydrogen-bond donors (Lipinski definition) is 1. The molecule has 2 aliphatic rings. The Bertz CT molecular complexity index is 446. The van der Waals surface area contributed by atoms with Gasteiger partial charge in [0.25, 0.3) is 0 Å². The van der Waals surface area contributed by atoms with Crippen LogP contribution in [0.4, 0.5) is 0 Å². The fourth-order valence-electron chi connectivity index (χ4n) is 2.83. The summed E-state index contributed by atoms with van der Waals surface area (Å²) >= 11 is 6.00. The summed E-state index contributed by atoms with van der Waals surface area (Å²) in [6.45, 7) is 4.90. The third kappa shape index (κ3) is 3.04. The molecule has 1 fully saturated rings. The molecule has 0 saturated carbocycles. The molecule has 3 nitrogen and oxygen atoms in total. The number of nitrogens with one attached hydrogen (secondary N) is 1. The summed E-state index contributed by atoms with van der Waals surface area (Å²) in [5.41, 5.74) is 1.22. The van der Waals surface area contributed by atoms with Crippen molar-refractivity contribution in [1.29, 1.82) is 0 Å². The summed E-state index contributed by atoms with van der Waals surface area (Å²) in [4.78, 5) is 0. The fourth-order valence-corrected chi connectivity index (χ4v) is 3.03. The minimum absolute atomic E-state index is 0.221. The minimum Gasteiger partial charge on any atom is -0.488 e. The molecule has 0 aliphatic carbocycles. The smallest absolute Gasteiger partial charge is 0.123 e. The van der Waals surface area contributed by atoms with E-state index in [0.29, 0.717) is 12.0 Å². The van der Waals surface area contributed by atoms with Gasteiger partial charge < -0.3 is 14.8 Å². The van der Waals surface area contributed by atoms with Gasteiger partial charge in [0.1, 0.15) is 11.9 Å². The Hall–Kier alpha value is -0.770. The molecule has 1 N–H and O–H groups in total. The van der Waals surface area contributed by atoms with Gasteiger partial charge in [-0.1, -0.05) is 11.6 Å². The van der Waals surface area contributed by atoms with Crippen molar-refractivity contribution in [2.75, 3.05) is 19.8 Å². The predicted molar refractivity (Wildman–Crippen MR) is 76.0 cm³/mol. The van der Waals surface area contributed by atoms with Crippen LogP contribution in [0.2, 0.25) is 5.02 Å². The quantitative estimate of drug-likeness (QED) is 0.920. The summed E-state index contributed by atoms with van der Waals surface area (Å²) in [5, 5.41) is 4.36. The van der Waals surface area contributed by atoms with Crippen molar-refractivity contribution in [1.82, 2.24) is 5.32 Å². The summed E-state index contributed by atoms with van der Waals surface area (Å²) in [6.07, 6.45) is 2.32. The molecule has 1 saturated heterocycles. The van der Waals surface area contributed by atoms with Crippen LogP contribution in [0, 0.1) is 5.92 Å². The van der Waals surface area contributed by atoms with Crippen molar-refractivity contribution >= 4 is 11.6 Å². The lowest BCUT2D eigenvalue weighted by Crippen LogP contribution is -2.40. The van der Waals surface area contributed by atoms with Gasteiger partial charge in [0, 0.05) is 30.6 Å². The summed E-state index contributed by atoms with van der Waals surface area (Å²) in [7, 11) is 0. The highest BCUT2D eigenvalue weighted by atomic mass is 35.5.